The quantitative estimate of drug-likeness (QED) is 0.549. The molecule has 18 heavy (non-hydrogen) atoms. The predicted octanol–water partition coefficient (Wildman–Crippen LogP) is 3.19. The van der Waals surface area contributed by atoms with Gasteiger partial charge in [0.1, 0.15) is 0 Å². The molecular weight excluding hydrogens is 228 g/mol. The third-order valence-electron chi connectivity index (χ3n) is 3.13. The molecule has 98 valence electrons. The number of ether oxygens (including phenoxy) is 2. The number of hydrogen-bond acceptors (Lipinski definition) is 3. The Morgan fingerprint density at radius 3 is 2.50 bits per heavy atom. The summed E-state index contributed by atoms with van der Waals surface area (Å²) in [4.78, 5) is 11.8. The van der Waals surface area contributed by atoms with E-state index < -0.39 is 0 Å². The van der Waals surface area contributed by atoms with E-state index in [0.29, 0.717) is 6.42 Å². The van der Waals surface area contributed by atoms with Crippen molar-refractivity contribution >= 4 is 5.78 Å². The zero-order valence-corrected chi connectivity index (χ0v) is 10.6. The first-order chi connectivity index (χ1) is 8.86. The van der Waals surface area contributed by atoms with Gasteiger partial charge in [-0.15, -0.1) is 0 Å². The van der Waals surface area contributed by atoms with Crippen molar-refractivity contribution in [2.45, 2.75) is 38.4 Å². The highest BCUT2D eigenvalue weighted by Gasteiger charge is 2.14. The fourth-order valence-corrected chi connectivity index (χ4v) is 2.12. The molecule has 1 aromatic carbocycles. The topological polar surface area (TPSA) is 35.5 Å². The Hall–Kier alpha value is -1.19. The van der Waals surface area contributed by atoms with Crippen LogP contribution in [0, 0.1) is 0 Å². The first-order valence-corrected chi connectivity index (χ1v) is 6.68. The van der Waals surface area contributed by atoms with Gasteiger partial charge in [0.2, 0.25) is 0 Å². The van der Waals surface area contributed by atoms with E-state index in [4.69, 9.17) is 9.47 Å². The zero-order chi connectivity index (χ0) is 12.6. The highest BCUT2D eigenvalue weighted by molar-refractivity contribution is 5.95. The van der Waals surface area contributed by atoms with Crippen molar-refractivity contribution in [3.05, 3.63) is 35.9 Å². The van der Waals surface area contributed by atoms with Crippen molar-refractivity contribution in [2.24, 2.45) is 0 Å². The number of Topliss-reactive ketones (excluding diaryl/α,β-unsaturated/α-hetero) is 1. The van der Waals surface area contributed by atoms with Crippen LogP contribution in [0.3, 0.4) is 0 Å². The largest absolute Gasteiger partial charge is 0.350 e. The van der Waals surface area contributed by atoms with Gasteiger partial charge in [-0.05, 0) is 19.3 Å². The lowest BCUT2D eigenvalue weighted by Gasteiger charge is -2.07. The average molecular weight is 248 g/mol. The molecule has 0 N–H and O–H groups in total. The fourth-order valence-electron chi connectivity index (χ4n) is 2.12. The molecule has 1 saturated heterocycles. The lowest BCUT2D eigenvalue weighted by molar-refractivity contribution is -0.0479. The van der Waals surface area contributed by atoms with Gasteiger partial charge in [-0.3, -0.25) is 4.79 Å². The number of hydrogen-bond donors (Lipinski definition) is 0. The second kappa shape index (κ2) is 7.29. The minimum atomic E-state index is -0.00479. The molecule has 0 spiro atoms. The molecule has 0 bridgehead atoms. The molecule has 2 rings (SSSR count). The van der Waals surface area contributed by atoms with E-state index in [2.05, 4.69) is 0 Å². The molecular formula is C15H20O3. The van der Waals surface area contributed by atoms with Crippen LogP contribution in [0.5, 0.6) is 0 Å². The summed E-state index contributed by atoms with van der Waals surface area (Å²) in [5, 5.41) is 0. The highest BCUT2D eigenvalue weighted by Crippen LogP contribution is 2.14. The molecule has 3 heteroatoms. The van der Waals surface area contributed by atoms with E-state index in [9.17, 15) is 4.79 Å². The van der Waals surface area contributed by atoms with Crippen LogP contribution in [0.25, 0.3) is 0 Å². The Morgan fingerprint density at radius 1 is 1.06 bits per heavy atom. The predicted molar refractivity (Wildman–Crippen MR) is 69.5 cm³/mol. The standard InChI is InChI=1S/C15H20O3/c16-14(13-7-3-1-4-8-13)9-5-2-6-10-15-17-11-12-18-15/h1,3-4,7-8,15H,2,5-6,9-12H2. The molecule has 0 saturated carbocycles. The molecule has 0 amide bonds. The molecule has 1 aromatic rings. The lowest BCUT2D eigenvalue weighted by Crippen LogP contribution is -2.06. The van der Waals surface area contributed by atoms with E-state index in [1.807, 2.05) is 30.3 Å². The Morgan fingerprint density at radius 2 is 1.78 bits per heavy atom. The molecule has 0 aromatic heterocycles. The van der Waals surface area contributed by atoms with Gasteiger partial charge >= 0.3 is 0 Å². The van der Waals surface area contributed by atoms with Crippen LogP contribution in [-0.4, -0.2) is 25.3 Å². The van der Waals surface area contributed by atoms with Crippen LogP contribution in [0.1, 0.15) is 42.5 Å². The summed E-state index contributed by atoms with van der Waals surface area (Å²) in [5.41, 5.74) is 0.819. The third-order valence-corrected chi connectivity index (χ3v) is 3.13. The van der Waals surface area contributed by atoms with Crippen molar-refractivity contribution in [1.29, 1.82) is 0 Å². The fraction of sp³-hybridized carbons (Fsp3) is 0.533. The molecule has 1 heterocycles. The zero-order valence-electron chi connectivity index (χ0n) is 10.6. The maximum absolute atomic E-state index is 11.8. The summed E-state index contributed by atoms with van der Waals surface area (Å²) >= 11 is 0. The number of carbonyl (C=O) groups excluding carboxylic acids is 1. The van der Waals surface area contributed by atoms with Gasteiger partial charge in [0.05, 0.1) is 13.2 Å². The van der Waals surface area contributed by atoms with E-state index in [0.717, 1.165) is 44.5 Å². The summed E-state index contributed by atoms with van der Waals surface area (Å²) < 4.78 is 10.7. The first-order valence-electron chi connectivity index (χ1n) is 6.68. The number of benzene rings is 1. The average Bonchev–Trinajstić information content (AvgIpc) is 2.92. The Labute approximate surface area is 108 Å². The van der Waals surface area contributed by atoms with Crippen molar-refractivity contribution in [2.75, 3.05) is 13.2 Å². The summed E-state index contributed by atoms with van der Waals surface area (Å²) in [6.07, 6.45) is 4.64. The van der Waals surface area contributed by atoms with Crippen molar-refractivity contribution in [3.8, 4) is 0 Å². The summed E-state index contributed by atoms with van der Waals surface area (Å²) in [5.74, 6) is 0.240. The van der Waals surface area contributed by atoms with Crippen LogP contribution in [0.4, 0.5) is 0 Å². The normalized spacial score (nSPS) is 16.0. The number of rotatable bonds is 7. The summed E-state index contributed by atoms with van der Waals surface area (Å²) in [6, 6.07) is 9.49. The molecule has 1 aliphatic rings. The first kappa shape index (κ1) is 13.2. The minimum absolute atomic E-state index is 0.00479. The second-order valence-electron chi connectivity index (χ2n) is 4.56. The van der Waals surface area contributed by atoms with Crippen LogP contribution in [-0.2, 0) is 9.47 Å². The Kier molecular flexibility index (Phi) is 5.36. The third kappa shape index (κ3) is 4.24. The van der Waals surface area contributed by atoms with Crippen molar-refractivity contribution < 1.29 is 14.3 Å². The number of carbonyl (C=O) groups is 1. The highest BCUT2D eigenvalue weighted by atomic mass is 16.7. The van der Waals surface area contributed by atoms with Gasteiger partial charge < -0.3 is 9.47 Å². The van der Waals surface area contributed by atoms with Gasteiger partial charge in [0.15, 0.2) is 12.1 Å². The summed E-state index contributed by atoms with van der Waals surface area (Å²) in [7, 11) is 0. The second-order valence-corrected chi connectivity index (χ2v) is 4.56. The molecule has 3 nitrogen and oxygen atoms in total. The summed E-state index contributed by atoms with van der Waals surface area (Å²) in [6.45, 7) is 1.44. The van der Waals surface area contributed by atoms with Crippen molar-refractivity contribution in [1.82, 2.24) is 0 Å². The molecule has 0 aliphatic carbocycles. The lowest BCUT2D eigenvalue weighted by atomic mass is 10.0. The van der Waals surface area contributed by atoms with E-state index >= 15 is 0 Å². The molecule has 1 fully saturated rings. The SMILES string of the molecule is O=C(CCCCCC1OCCO1)c1ccccc1. The van der Waals surface area contributed by atoms with Crippen LogP contribution < -0.4 is 0 Å². The van der Waals surface area contributed by atoms with E-state index in [1.165, 1.54) is 0 Å². The van der Waals surface area contributed by atoms with Crippen LogP contribution in [0.2, 0.25) is 0 Å². The van der Waals surface area contributed by atoms with Gasteiger partial charge in [0, 0.05) is 12.0 Å². The van der Waals surface area contributed by atoms with Crippen molar-refractivity contribution in [3.63, 3.8) is 0 Å². The Bertz CT molecular complexity index is 355. The van der Waals surface area contributed by atoms with Gasteiger partial charge in [-0.2, -0.15) is 0 Å². The number of ketones is 1. The minimum Gasteiger partial charge on any atom is -0.350 e. The monoisotopic (exact) mass is 248 g/mol. The molecule has 0 unspecified atom stereocenters. The molecule has 0 atom stereocenters. The van der Waals surface area contributed by atoms with Gasteiger partial charge in [-0.1, -0.05) is 36.8 Å². The maximum atomic E-state index is 11.8. The van der Waals surface area contributed by atoms with Gasteiger partial charge in [0.25, 0.3) is 0 Å². The Balaban J connectivity index is 1.56. The van der Waals surface area contributed by atoms with E-state index in [-0.39, 0.29) is 12.1 Å². The molecule has 0 radical (unpaired) electrons. The van der Waals surface area contributed by atoms with Gasteiger partial charge in [-0.25, -0.2) is 0 Å². The smallest absolute Gasteiger partial charge is 0.162 e. The van der Waals surface area contributed by atoms with E-state index in [1.54, 1.807) is 0 Å². The maximum Gasteiger partial charge on any atom is 0.162 e. The van der Waals surface area contributed by atoms with Crippen LogP contribution in [0.15, 0.2) is 30.3 Å². The molecule has 1 aliphatic heterocycles. The van der Waals surface area contributed by atoms with Crippen LogP contribution >= 0.6 is 0 Å². The number of unbranched alkanes of at least 4 members (excludes halogenated alkanes) is 2.